The first-order valence-corrected chi connectivity index (χ1v) is 46.1. The van der Waals surface area contributed by atoms with Gasteiger partial charge in [-0.3, -0.25) is 33.9 Å². The van der Waals surface area contributed by atoms with Gasteiger partial charge in [-0.2, -0.15) is 10.1 Å². The van der Waals surface area contributed by atoms with Gasteiger partial charge >= 0.3 is 5.97 Å². The van der Waals surface area contributed by atoms with Gasteiger partial charge in [0, 0.05) is 156 Å². The summed E-state index contributed by atoms with van der Waals surface area (Å²) < 4.78 is 24.5. The fourth-order valence-electron chi connectivity index (χ4n) is 21.2. The second kappa shape index (κ2) is 44.1. The Kier molecular flexibility index (Phi) is 34.0. The van der Waals surface area contributed by atoms with E-state index in [9.17, 15) is 44.7 Å². The molecule has 16 rings (SSSR count). The highest BCUT2D eigenvalue weighted by molar-refractivity contribution is 5.97. The van der Waals surface area contributed by atoms with Crippen molar-refractivity contribution in [2.75, 3.05) is 171 Å². The third-order valence-corrected chi connectivity index (χ3v) is 28.7. The molecule has 18 atom stereocenters. The highest BCUT2D eigenvalue weighted by atomic mass is 16.7. The van der Waals surface area contributed by atoms with Gasteiger partial charge in [-0.25, -0.2) is 4.79 Å². The first-order valence-electron chi connectivity index (χ1n) is 46.1. The number of carboxylic acid groups (broad SMARTS) is 1. The second-order valence-corrected chi connectivity index (χ2v) is 39.1. The molecular formula is C100H146N12O15. The molecule has 696 valence electrons. The summed E-state index contributed by atoms with van der Waals surface area (Å²) in [5.41, 5.74) is 15.8. The number of fused-ring (bicyclic) bond motifs is 4. The van der Waals surface area contributed by atoms with E-state index in [0.29, 0.717) is 129 Å². The molecule has 27 heteroatoms. The molecule has 4 saturated heterocycles. The van der Waals surface area contributed by atoms with Crippen LogP contribution in [0, 0.1) is 58.2 Å². The summed E-state index contributed by atoms with van der Waals surface area (Å²) in [6.07, 6.45) is 2.49. The number of morpholine rings is 2. The number of amides is 3. The number of benzene rings is 6. The summed E-state index contributed by atoms with van der Waals surface area (Å²) in [4.78, 5) is 80.7. The first kappa shape index (κ1) is 97.8. The van der Waals surface area contributed by atoms with E-state index < -0.39 is 54.3 Å². The van der Waals surface area contributed by atoms with Crippen molar-refractivity contribution in [3.05, 3.63) is 167 Å². The molecule has 6 saturated carbocycles. The zero-order chi connectivity index (χ0) is 91.3. The monoisotopic (exact) mass is 1760 g/mol. The molecular weight excluding hydrogens is 1610 g/mol. The van der Waals surface area contributed by atoms with Crippen LogP contribution >= 0.6 is 0 Å². The number of nitrogens with one attached hydrogen (secondary N) is 3. The fourth-order valence-corrected chi connectivity index (χ4v) is 21.2. The van der Waals surface area contributed by atoms with E-state index in [1.54, 1.807) is 36.1 Å². The summed E-state index contributed by atoms with van der Waals surface area (Å²) in [7, 11) is 15.8. The SMILES string of the molecule is CN(C)C[C@@H](N)Cc1ccccc1.C[C@H](O)[C@@H]1[C@H](CO)ON(Cc2cccc(-c3cc(C(=O)N[C@@H](Cc4ccccc4)CN(C)C)cc(N(C)C)c3)c2OCCN2CCOCC2)[C@@H]1C(=O)N[C@H]1C[C@H]2CC([C@@H]1C)C2(C)C.C[C@H](O)[C@@H]1[C@H](CO)ON(Cc2cccc(-c3cc(C(=O)O)cc(N(C)C)c3)c2OCCN2CCOCC2)[C@@H]1C(=O)N[C@H]1C[C@H]2CC([C@@H]1C)C2(C)C. The molecule has 4 bridgehead atoms. The number of nitrogens with two attached hydrogens (primary N) is 1. The Balaban J connectivity index is 0.000000205. The van der Waals surface area contributed by atoms with Crippen LogP contribution in [-0.2, 0) is 54.7 Å². The number of aromatic carboxylic acids is 1. The standard InChI is InChI=1S/C50H72N6O7.C39H56N4O8.C11H18N2/c1-32-42-27-38(50(42,3)4)28-43(32)52-49(60)46-45(33(2)58)44(31-57)63-56(46)29-35-15-12-16-41(47(35)62-22-19-55-17-20-61-21-18-55)36-24-37(26-40(25-36)54(7)8)48(59)51-39(30-53(5)6)23-34-13-10-9-11-14-34;1-23-31-19-28(39(31,3)4)20-32(23)40-37(46)35-34(24(2)45)33(22-44)51-43(35)21-25-8-7-9-30(36(25)50-15-12-42-10-13-49-14-11-42)26-16-27(38(47)48)18-29(17-26)41(5)6;1-13(2)9-11(12)8-10-6-4-3-5-7-10/h9-16,24-26,32-33,38-39,42-46,57-58H,17-23,27-31H2,1-8H3,(H,51,59)(H,52,60);7-9,16-18,23-24,28,31-35,44-45H,10-15,19-22H2,1-6H3,(H,40,46)(H,47,48);3-7,11H,8-9,12H2,1-2H3/t32-,33-,38+,39-,42?,43-,44-,45+,46-;23-,24-,28+,31?,32-,33-,34+,35-;11-/m000/s1. The Labute approximate surface area is 753 Å². The van der Waals surface area contributed by atoms with Crippen LogP contribution in [0.3, 0.4) is 0 Å². The number of carbonyl (C=O) groups excluding carboxylic acids is 3. The molecule has 10 aliphatic rings. The Bertz CT molecular complexity index is 4560. The summed E-state index contributed by atoms with van der Waals surface area (Å²) in [6.45, 7) is 26.4. The minimum Gasteiger partial charge on any atom is -0.491 e. The molecule has 10 fully saturated rings. The molecule has 6 aromatic rings. The van der Waals surface area contributed by atoms with E-state index in [2.05, 4.69) is 120 Å². The van der Waals surface area contributed by atoms with Gasteiger partial charge in [0.15, 0.2) is 0 Å². The Hall–Kier alpha value is -8.20. The highest BCUT2D eigenvalue weighted by Crippen LogP contribution is 2.62. The summed E-state index contributed by atoms with van der Waals surface area (Å²) in [6, 6.07) is 41.8. The predicted molar refractivity (Wildman–Crippen MR) is 497 cm³/mol. The third kappa shape index (κ3) is 24.1. The zero-order valence-corrected chi connectivity index (χ0v) is 78.0. The number of hydroxylamine groups is 4. The van der Waals surface area contributed by atoms with Crippen LogP contribution in [0.1, 0.15) is 124 Å². The van der Waals surface area contributed by atoms with E-state index in [-0.39, 0.29) is 84.6 Å². The molecule has 27 nitrogen and oxygen atoms in total. The lowest BCUT2D eigenvalue weighted by atomic mass is 9.45. The number of aliphatic hydroxyl groups excluding tert-OH is 4. The highest BCUT2D eigenvalue weighted by Gasteiger charge is 2.60. The number of para-hydroxylation sites is 2. The van der Waals surface area contributed by atoms with E-state index in [1.165, 1.54) is 18.4 Å². The summed E-state index contributed by atoms with van der Waals surface area (Å²) in [5.74, 6) is 1.08. The number of carbonyl (C=O) groups is 4. The van der Waals surface area contributed by atoms with Crippen LogP contribution in [0.2, 0.25) is 0 Å². The van der Waals surface area contributed by atoms with Gasteiger partial charge in [-0.05, 0) is 186 Å². The van der Waals surface area contributed by atoms with E-state index in [1.807, 2.05) is 145 Å². The van der Waals surface area contributed by atoms with Crippen molar-refractivity contribution in [3.8, 4) is 33.8 Å². The van der Waals surface area contributed by atoms with Gasteiger partial charge in [0.2, 0.25) is 11.8 Å². The largest absolute Gasteiger partial charge is 0.491 e. The second-order valence-electron chi connectivity index (χ2n) is 39.1. The third-order valence-electron chi connectivity index (χ3n) is 28.7. The Morgan fingerprint density at radius 2 is 0.945 bits per heavy atom. The van der Waals surface area contributed by atoms with Gasteiger partial charge in [0.1, 0.15) is 49.0 Å². The molecule has 2 unspecified atom stereocenters. The number of hydrogen-bond acceptors (Lipinski definition) is 23. The molecule has 6 aromatic carbocycles. The van der Waals surface area contributed by atoms with Gasteiger partial charge in [0.05, 0.1) is 70.5 Å². The molecule has 4 aliphatic heterocycles. The van der Waals surface area contributed by atoms with Crippen molar-refractivity contribution in [3.63, 3.8) is 0 Å². The number of nitrogens with zero attached hydrogens (tertiary/aromatic N) is 8. The molecule has 127 heavy (non-hydrogen) atoms. The van der Waals surface area contributed by atoms with Gasteiger partial charge < -0.3 is 85.8 Å². The Morgan fingerprint density at radius 1 is 0.535 bits per heavy atom. The van der Waals surface area contributed by atoms with Crippen molar-refractivity contribution in [1.29, 1.82) is 0 Å². The van der Waals surface area contributed by atoms with Crippen LogP contribution in [0.25, 0.3) is 22.3 Å². The molecule has 10 N–H and O–H groups in total. The molecule has 0 aromatic heterocycles. The van der Waals surface area contributed by atoms with Crippen LogP contribution < -0.4 is 41.0 Å². The average molecular weight is 1760 g/mol. The van der Waals surface area contributed by atoms with Crippen molar-refractivity contribution in [2.45, 2.75) is 168 Å². The molecule has 4 heterocycles. The minimum atomic E-state index is -1.03. The normalized spacial score (nSPS) is 26.5. The zero-order valence-electron chi connectivity index (χ0n) is 78.0. The lowest BCUT2D eigenvalue weighted by molar-refractivity contribution is -0.183. The summed E-state index contributed by atoms with van der Waals surface area (Å²) >= 11 is 0. The van der Waals surface area contributed by atoms with Crippen LogP contribution in [0.15, 0.2) is 133 Å². The fraction of sp³-hybridized carbons (Fsp3) is 0.600. The lowest BCUT2D eigenvalue weighted by Crippen LogP contribution is -2.62. The number of carboxylic acids is 1. The minimum absolute atomic E-state index is 0.0215. The summed E-state index contributed by atoms with van der Waals surface area (Å²) in [5, 5.41) is 66.4. The maximum Gasteiger partial charge on any atom is 0.335 e. The molecule has 0 spiro atoms. The smallest absolute Gasteiger partial charge is 0.335 e. The van der Waals surface area contributed by atoms with Crippen molar-refractivity contribution in [1.82, 2.24) is 45.7 Å². The van der Waals surface area contributed by atoms with Gasteiger partial charge in [-0.15, -0.1) is 0 Å². The van der Waals surface area contributed by atoms with Gasteiger partial charge in [0.25, 0.3) is 5.91 Å². The maximum atomic E-state index is 14.6. The number of ether oxygens (including phenoxy) is 4. The molecule has 3 amide bonds. The maximum absolute atomic E-state index is 14.6. The quantitative estimate of drug-likeness (QED) is 0.0179. The van der Waals surface area contributed by atoms with Crippen LogP contribution in [0.5, 0.6) is 11.5 Å². The van der Waals surface area contributed by atoms with Crippen molar-refractivity contribution >= 4 is 35.1 Å². The van der Waals surface area contributed by atoms with E-state index in [4.69, 9.17) is 34.4 Å². The predicted octanol–water partition coefficient (Wildman–Crippen LogP) is 9.30. The van der Waals surface area contributed by atoms with Crippen molar-refractivity contribution < 1.29 is 73.3 Å². The number of hydrogen-bond donors (Lipinski definition) is 9. The number of likely N-dealkylation sites (N-methyl/N-ethyl adjacent to an activating group) is 2. The molecule has 6 aliphatic carbocycles. The van der Waals surface area contributed by atoms with E-state index >= 15 is 0 Å². The van der Waals surface area contributed by atoms with Crippen molar-refractivity contribution in [2.24, 2.45) is 63.9 Å². The number of rotatable bonds is 35. The van der Waals surface area contributed by atoms with Crippen LogP contribution in [0.4, 0.5) is 11.4 Å². The van der Waals surface area contributed by atoms with E-state index in [0.717, 1.165) is 91.2 Å². The van der Waals surface area contributed by atoms with Crippen LogP contribution in [-0.4, -0.2) is 301 Å². The number of aliphatic hydroxyl groups is 4. The lowest BCUT2D eigenvalue weighted by Gasteiger charge is -2.62. The molecule has 0 radical (unpaired) electrons. The first-order chi connectivity index (χ1) is 60.6. The number of anilines is 2. The van der Waals surface area contributed by atoms with Gasteiger partial charge in [-0.1, -0.05) is 139 Å². The average Bonchev–Trinajstić information content (AvgIpc) is 0.769. The Morgan fingerprint density at radius 3 is 1.32 bits per heavy atom. The topological polar surface area (TPSA) is 313 Å².